The molecule has 1 aliphatic rings. The molecule has 0 aromatic heterocycles. The minimum atomic E-state index is -0.986. The Labute approximate surface area is 95.1 Å². The highest BCUT2D eigenvalue weighted by molar-refractivity contribution is 5.82. The lowest BCUT2D eigenvalue weighted by Gasteiger charge is -2.27. The average molecular weight is 226 g/mol. The zero-order valence-corrected chi connectivity index (χ0v) is 9.69. The predicted octanol–water partition coefficient (Wildman–Crippen LogP) is 1.21. The van der Waals surface area contributed by atoms with E-state index in [1.165, 1.54) is 5.57 Å². The van der Waals surface area contributed by atoms with Gasteiger partial charge >= 0.3 is 12.0 Å². The van der Waals surface area contributed by atoms with Crippen molar-refractivity contribution in [2.75, 3.05) is 13.1 Å². The maximum Gasteiger partial charge on any atom is 0.326 e. The van der Waals surface area contributed by atoms with Gasteiger partial charge in [0.15, 0.2) is 0 Å². The Balaban J connectivity index is 2.49. The summed E-state index contributed by atoms with van der Waals surface area (Å²) in [6.45, 7) is 4.98. The van der Waals surface area contributed by atoms with Crippen LogP contribution in [-0.4, -0.2) is 41.1 Å². The number of carboxylic acids is 1. The number of carboxylic acid groups (broad SMARTS) is 1. The number of aliphatic carboxylic acids is 1. The third-order valence-corrected chi connectivity index (χ3v) is 2.73. The van der Waals surface area contributed by atoms with Gasteiger partial charge in [0.05, 0.1) is 0 Å². The maximum atomic E-state index is 11.7. The molecule has 0 spiro atoms. The highest BCUT2D eigenvalue weighted by Gasteiger charge is 2.22. The fourth-order valence-corrected chi connectivity index (χ4v) is 1.53. The number of nitrogens with one attached hydrogen (secondary N) is 1. The van der Waals surface area contributed by atoms with Crippen molar-refractivity contribution in [1.29, 1.82) is 0 Å². The van der Waals surface area contributed by atoms with Crippen molar-refractivity contribution in [2.24, 2.45) is 0 Å². The van der Waals surface area contributed by atoms with Crippen LogP contribution in [0.1, 0.15) is 26.7 Å². The molecule has 0 aromatic rings. The van der Waals surface area contributed by atoms with Crippen molar-refractivity contribution in [3.63, 3.8) is 0 Å². The predicted molar refractivity (Wildman–Crippen MR) is 60.2 cm³/mol. The number of urea groups is 1. The Bertz CT molecular complexity index is 312. The first-order chi connectivity index (χ1) is 7.54. The van der Waals surface area contributed by atoms with Crippen molar-refractivity contribution in [3.05, 3.63) is 11.6 Å². The summed E-state index contributed by atoms with van der Waals surface area (Å²) < 4.78 is 0. The van der Waals surface area contributed by atoms with Crippen LogP contribution in [0.15, 0.2) is 11.6 Å². The van der Waals surface area contributed by atoms with Crippen LogP contribution in [0.3, 0.4) is 0 Å². The highest BCUT2D eigenvalue weighted by Crippen LogP contribution is 2.09. The molecule has 1 aliphatic heterocycles. The Morgan fingerprint density at radius 1 is 1.62 bits per heavy atom. The summed E-state index contributed by atoms with van der Waals surface area (Å²) in [6.07, 6.45) is 3.24. The molecule has 90 valence electrons. The zero-order valence-electron chi connectivity index (χ0n) is 9.69. The molecule has 5 heteroatoms. The third kappa shape index (κ3) is 3.25. The molecule has 1 rings (SSSR count). The van der Waals surface area contributed by atoms with E-state index in [2.05, 4.69) is 5.32 Å². The van der Waals surface area contributed by atoms with Gasteiger partial charge in [-0.1, -0.05) is 18.6 Å². The van der Waals surface area contributed by atoms with Gasteiger partial charge in [0.1, 0.15) is 6.04 Å². The normalized spacial score (nSPS) is 17.6. The van der Waals surface area contributed by atoms with Crippen molar-refractivity contribution in [2.45, 2.75) is 32.7 Å². The number of amides is 2. The van der Waals surface area contributed by atoms with Gasteiger partial charge in [-0.15, -0.1) is 0 Å². The number of carbonyl (C=O) groups excluding carboxylic acids is 1. The van der Waals surface area contributed by atoms with E-state index in [0.717, 1.165) is 6.42 Å². The molecule has 0 aliphatic carbocycles. The number of carbonyl (C=O) groups is 2. The fraction of sp³-hybridized carbons (Fsp3) is 0.636. The lowest BCUT2D eigenvalue weighted by molar-refractivity contribution is -0.139. The standard InChI is InChI=1S/C11H18N2O3/c1-3-9(10(14)15)12-11(16)13-6-4-8(2)5-7-13/h4,9H,3,5-7H2,1-2H3,(H,12,16)(H,14,15). The fourth-order valence-electron chi connectivity index (χ4n) is 1.53. The largest absolute Gasteiger partial charge is 0.480 e. The van der Waals surface area contributed by atoms with E-state index < -0.39 is 12.0 Å². The Hall–Kier alpha value is -1.52. The SMILES string of the molecule is CCC(NC(=O)N1CC=C(C)CC1)C(=O)O. The van der Waals surface area contributed by atoms with E-state index >= 15 is 0 Å². The summed E-state index contributed by atoms with van der Waals surface area (Å²) in [5.74, 6) is -0.986. The smallest absolute Gasteiger partial charge is 0.326 e. The van der Waals surface area contributed by atoms with E-state index in [-0.39, 0.29) is 6.03 Å². The van der Waals surface area contributed by atoms with Gasteiger partial charge in [0.2, 0.25) is 0 Å². The van der Waals surface area contributed by atoms with Crippen molar-refractivity contribution < 1.29 is 14.7 Å². The highest BCUT2D eigenvalue weighted by atomic mass is 16.4. The summed E-state index contributed by atoms with van der Waals surface area (Å²) in [5.41, 5.74) is 1.27. The topological polar surface area (TPSA) is 69.6 Å². The molecular weight excluding hydrogens is 208 g/mol. The van der Waals surface area contributed by atoms with Crippen molar-refractivity contribution in [1.82, 2.24) is 10.2 Å². The van der Waals surface area contributed by atoms with Crippen LogP contribution in [0, 0.1) is 0 Å². The van der Waals surface area contributed by atoms with Crippen LogP contribution in [0.2, 0.25) is 0 Å². The molecule has 16 heavy (non-hydrogen) atoms. The molecule has 1 atom stereocenters. The van der Waals surface area contributed by atoms with E-state index in [4.69, 9.17) is 5.11 Å². The first-order valence-corrected chi connectivity index (χ1v) is 5.48. The number of hydrogen-bond donors (Lipinski definition) is 2. The van der Waals surface area contributed by atoms with Crippen LogP contribution >= 0.6 is 0 Å². The number of nitrogens with zero attached hydrogens (tertiary/aromatic N) is 1. The minimum absolute atomic E-state index is 0.294. The van der Waals surface area contributed by atoms with Crippen LogP contribution in [0.5, 0.6) is 0 Å². The average Bonchev–Trinajstić information content (AvgIpc) is 2.26. The molecule has 0 fully saturated rings. The molecule has 0 bridgehead atoms. The third-order valence-electron chi connectivity index (χ3n) is 2.73. The Kier molecular flexibility index (Phi) is 4.34. The minimum Gasteiger partial charge on any atom is -0.480 e. The monoisotopic (exact) mass is 226 g/mol. The lowest BCUT2D eigenvalue weighted by atomic mass is 10.1. The molecule has 0 aromatic carbocycles. The molecule has 1 heterocycles. The lowest BCUT2D eigenvalue weighted by Crippen LogP contribution is -2.48. The summed E-state index contributed by atoms with van der Waals surface area (Å²) in [5, 5.41) is 11.3. The first kappa shape index (κ1) is 12.5. The van der Waals surface area contributed by atoms with E-state index in [1.54, 1.807) is 11.8 Å². The van der Waals surface area contributed by atoms with E-state index in [9.17, 15) is 9.59 Å². The van der Waals surface area contributed by atoms with Crippen molar-refractivity contribution >= 4 is 12.0 Å². The Morgan fingerprint density at radius 2 is 2.31 bits per heavy atom. The molecule has 0 saturated carbocycles. The van der Waals surface area contributed by atoms with Crippen LogP contribution in [-0.2, 0) is 4.79 Å². The second-order valence-corrected chi connectivity index (χ2v) is 4.00. The summed E-state index contributed by atoms with van der Waals surface area (Å²) >= 11 is 0. The van der Waals surface area contributed by atoms with Gasteiger partial charge in [0, 0.05) is 13.1 Å². The Morgan fingerprint density at radius 3 is 2.75 bits per heavy atom. The number of hydrogen-bond acceptors (Lipinski definition) is 2. The molecule has 0 saturated heterocycles. The van der Waals surface area contributed by atoms with Crippen LogP contribution < -0.4 is 5.32 Å². The van der Waals surface area contributed by atoms with Crippen LogP contribution in [0.4, 0.5) is 4.79 Å². The van der Waals surface area contributed by atoms with E-state index in [0.29, 0.717) is 19.5 Å². The van der Waals surface area contributed by atoms with E-state index in [1.807, 2.05) is 13.0 Å². The molecule has 5 nitrogen and oxygen atoms in total. The van der Waals surface area contributed by atoms with Gasteiger partial charge in [-0.2, -0.15) is 0 Å². The molecule has 2 N–H and O–H groups in total. The van der Waals surface area contributed by atoms with Crippen LogP contribution in [0.25, 0.3) is 0 Å². The van der Waals surface area contributed by atoms with Gasteiger partial charge < -0.3 is 15.3 Å². The summed E-state index contributed by atoms with van der Waals surface area (Å²) in [7, 11) is 0. The number of rotatable bonds is 3. The molecular formula is C11H18N2O3. The molecule has 2 amide bonds. The first-order valence-electron chi connectivity index (χ1n) is 5.48. The maximum absolute atomic E-state index is 11.7. The second kappa shape index (κ2) is 5.53. The van der Waals surface area contributed by atoms with Crippen molar-refractivity contribution in [3.8, 4) is 0 Å². The zero-order chi connectivity index (χ0) is 12.1. The van der Waals surface area contributed by atoms with Gasteiger partial charge in [0.25, 0.3) is 0 Å². The molecule has 1 unspecified atom stereocenters. The van der Waals surface area contributed by atoms with Gasteiger partial charge in [-0.25, -0.2) is 9.59 Å². The molecule has 0 radical (unpaired) electrons. The van der Waals surface area contributed by atoms with Gasteiger partial charge in [-0.3, -0.25) is 0 Å². The summed E-state index contributed by atoms with van der Waals surface area (Å²) in [4.78, 5) is 24.1. The van der Waals surface area contributed by atoms with Gasteiger partial charge in [-0.05, 0) is 19.8 Å². The quantitative estimate of drug-likeness (QED) is 0.711. The second-order valence-electron chi connectivity index (χ2n) is 4.00. The summed E-state index contributed by atoms with van der Waals surface area (Å²) in [6, 6.07) is -1.09.